The highest BCUT2D eigenvalue weighted by Crippen LogP contribution is 2.26. The summed E-state index contributed by atoms with van der Waals surface area (Å²) in [5.41, 5.74) is 8.49. The summed E-state index contributed by atoms with van der Waals surface area (Å²) in [6.45, 7) is 1.31. The zero-order valence-electron chi connectivity index (χ0n) is 13.0. The minimum atomic E-state index is 0.100. The number of hydrogen-bond donors (Lipinski definition) is 1. The second kappa shape index (κ2) is 7.16. The van der Waals surface area contributed by atoms with Gasteiger partial charge in [-0.25, -0.2) is 0 Å². The van der Waals surface area contributed by atoms with Crippen LogP contribution >= 0.6 is 11.6 Å². The Morgan fingerprint density at radius 1 is 1.17 bits per heavy atom. The summed E-state index contributed by atoms with van der Waals surface area (Å²) in [6, 6.07) is 15.7. The molecule has 0 bridgehead atoms. The van der Waals surface area contributed by atoms with E-state index in [1.807, 2.05) is 53.4 Å². The zero-order valence-corrected chi connectivity index (χ0v) is 13.8. The van der Waals surface area contributed by atoms with Gasteiger partial charge in [0, 0.05) is 29.7 Å². The van der Waals surface area contributed by atoms with E-state index in [4.69, 9.17) is 17.3 Å². The van der Waals surface area contributed by atoms with E-state index in [2.05, 4.69) is 0 Å². The summed E-state index contributed by atoms with van der Waals surface area (Å²) >= 11 is 6.27. The number of amides is 1. The normalized spacial score (nSPS) is 17.5. The van der Waals surface area contributed by atoms with Crippen molar-refractivity contribution in [2.45, 2.75) is 31.8 Å². The van der Waals surface area contributed by atoms with Gasteiger partial charge in [-0.15, -0.1) is 0 Å². The highest BCUT2D eigenvalue weighted by atomic mass is 35.5. The first-order chi connectivity index (χ1) is 11.2. The summed E-state index contributed by atoms with van der Waals surface area (Å²) < 4.78 is 0. The Morgan fingerprint density at radius 2 is 1.91 bits per heavy atom. The van der Waals surface area contributed by atoms with Gasteiger partial charge in [-0.05, 0) is 48.6 Å². The van der Waals surface area contributed by atoms with E-state index in [9.17, 15) is 4.79 Å². The number of hydrogen-bond acceptors (Lipinski definition) is 2. The molecule has 4 heteroatoms. The third-order valence-corrected chi connectivity index (χ3v) is 4.86. The summed E-state index contributed by atoms with van der Waals surface area (Å²) in [5, 5.41) is 0.777. The fourth-order valence-corrected chi connectivity index (χ4v) is 3.40. The molecular formula is C19H21ClN2O. The number of nitrogens with zero attached hydrogens (tertiary/aromatic N) is 1. The number of halogens is 1. The summed E-state index contributed by atoms with van der Waals surface area (Å²) in [5.74, 6) is 0.100. The van der Waals surface area contributed by atoms with Crippen LogP contribution in [0.1, 0.15) is 34.3 Å². The van der Waals surface area contributed by atoms with Gasteiger partial charge < -0.3 is 10.6 Å². The van der Waals surface area contributed by atoms with Crippen LogP contribution in [0.3, 0.4) is 0 Å². The van der Waals surface area contributed by atoms with Crippen molar-refractivity contribution in [1.29, 1.82) is 0 Å². The molecule has 23 heavy (non-hydrogen) atoms. The van der Waals surface area contributed by atoms with Crippen molar-refractivity contribution in [2.75, 3.05) is 6.54 Å². The third-order valence-electron chi connectivity index (χ3n) is 4.49. The SMILES string of the molecule is NCc1ccc(C(=O)N2CCC[C@H]2Cc2ccccc2Cl)cc1. The van der Waals surface area contributed by atoms with Crippen LogP contribution in [0.5, 0.6) is 0 Å². The maximum Gasteiger partial charge on any atom is 0.254 e. The lowest BCUT2D eigenvalue weighted by Gasteiger charge is -2.25. The Bertz CT molecular complexity index is 684. The van der Waals surface area contributed by atoms with E-state index in [1.165, 1.54) is 0 Å². The fourth-order valence-electron chi connectivity index (χ4n) is 3.18. The van der Waals surface area contributed by atoms with Gasteiger partial charge in [0.05, 0.1) is 0 Å². The highest BCUT2D eigenvalue weighted by molar-refractivity contribution is 6.31. The molecule has 0 spiro atoms. The van der Waals surface area contributed by atoms with Crippen LogP contribution < -0.4 is 5.73 Å². The number of carbonyl (C=O) groups excluding carboxylic acids is 1. The van der Waals surface area contributed by atoms with E-state index >= 15 is 0 Å². The molecule has 3 nitrogen and oxygen atoms in total. The predicted molar refractivity (Wildman–Crippen MR) is 93.5 cm³/mol. The molecule has 1 atom stereocenters. The minimum Gasteiger partial charge on any atom is -0.335 e. The first-order valence-electron chi connectivity index (χ1n) is 8.02. The van der Waals surface area contributed by atoms with Gasteiger partial charge >= 0.3 is 0 Å². The van der Waals surface area contributed by atoms with Gasteiger partial charge in [0.15, 0.2) is 0 Å². The molecule has 1 aliphatic heterocycles. The van der Waals surface area contributed by atoms with Gasteiger partial charge in [-0.3, -0.25) is 4.79 Å². The predicted octanol–water partition coefficient (Wildman–Crippen LogP) is 3.65. The van der Waals surface area contributed by atoms with E-state index < -0.39 is 0 Å². The number of nitrogens with two attached hydrogens (primary N) is 1. The molecule has 0 aromatic heterocycles. The Morgan fingerprint density at radius 3 is 2.61 bits per heavy atom. The molecule has 0 radical (unpaired) electrons. The van der Waals surface area contributed by atoms with Crippen LogP contribution in [0.15, 0.2) is 48.5 Å². The molecule has 1 saturated heterocycles. The van der Waals surface area contributed by atoms with E-state index in [0.717, 1.165) is 47.5 Å². The monoisotopic (exact) mass is 328 g/mol. The van der Waals surface area contributed by atoms with Crippen molar-refractivity contribution >= 4 is 17.5 Å². The average Bonchev–Trinajstić information content (AvgIpc) is 3.04. The topological polar surface area (TPSA) is 46.3 Å². The molecule has 1 aliphatic rings. The van der Waals surface area contributed by atoms with Crippen molar-refractivity contribution in [2.24, 2.45) is 5.73 Å². The molecule has 1 amide bonds. The zero-order chi connectivity index (χ0) is 16.2. The third kappa shape index (κ3) is 3.57. The lowest BCUT2D eigenvalue weighted by Crippen LogP contribution is -2.36. The molecule has 2 aromatic rings. The molecule has 0 unspecified atom stereocenters. The quantitative estimate of drug-likeness (QED) is 0.931. The Hall–Kier alpha value is -1.84. The Balaban J connectivity index is 1.75. The van der Waals surface area contributed by atoms with Gasteiger partial charge in [0.25, 0.3) is 5.91 Å². The number of likely N-dealkylation sites (tertiary alicyclic amines) is 1. The molecule has 120 valence electrons. The summed E-state index contributed by atoms with van der Waals surface area (Å²) in [6.07, 6.45) is 2.88. The molecule has 0 saturated carbocycles. The second-order valence-corrected chi connectivity index (χ2v) is 6.40. The van der Waals surface area contributed by atoms with Crippen LogP contribution in [-0.4, -0.2) is 23.4 Å². The molecule has 3 rings (SSSR count). The van der Waals surface area contributed by atoms with Crippen LogP contribution in [0, 0.1) is 0 Å². The van der Waals surface area contributed by atoms with Crippen LogP contribution in [0.2, 0.25) is 5.02 Å². The molecule has 1 heterocycles. The average molecular weight is 329 g/mol. The largest absolute Gasteiger partial charge is 0.335 e. The first kappa shape index (κ1) is 16.0. The maximum absolute atomic E-state index is 12.8. The standard InChI is InChI=1S/C19H21ClN2O/c20-18-6-2-1-4-16(18)12-17-5-3-11-22(17)19(23)15-9-7-14(13-21)8-10-15/h1-2,4,6-10,17H,3,5,11-13,21H2/t17-/m0/s1. The van der Waals surface area contributed by atoms with Gasteiger partial charge in [-0.1, -0.05) is 41.9 Å². The van der Waals surface area contributed by atoms with Gasteiger partial charge in [-0.2, -0.15) is 0 Å². The molecular weight excluding hydrogens is 308 g/mol. The van der Waals surface area contributed by atoms with Gasteiger partial charge in [0.1, 0.15) is 0 Å². The maximum atomic E-state index is 12.8. The van der Waals surface area contributed by atoms with Crippen LogP contribution in [0.25, 0.3) is 0 Å². The van der Waals surface area contributed by atoms with Crippen molar-refractivity contribution in [3.05, 3.63) is 70.2 Å². The van der Waals surface area contributed by atoms with Gasteiger partial charge in [0.2, 0.25) is 0 Å². The first-order valence-corrected chi connectivity index (χ1v) is 8.40. The number of rotatable bonds is 4. The molecule has 2 N–H and O–H groups in total. The Kier molecular flexibility index (Phi) is 4.99. The molecule has 2 aromatic carbocycles. The van der Waals surface area contributed by atoms with Crippen LogP contribution in [0.4, 0.5) is 0 Å². The smallest absolute Gasteiger partial charge is 0.254 e. The molecule has 1 fully saturated rings. The van der Waals surface area contributed by atoms with E-state index in [0.29, 0.717) is 6.54 Å². The highest BCUT2D eigenvalue weighted by Gasteiger charge is 2.29. The van der Waals surface area contributed by atoms with Crippen molar-refractivity contribution < 1.29 is 4.79 Å². The summed E-state index contributed by atoms with van der Waals surface area (Å²) in [4.78, 5) is 14.8. The lowest BCUT2D eigenvalue weighted by molar-refractivity contribution is 0.0736. The fraction of sp³-hybridized carbons (Fsp3) is 0.316. The summed E-state index contributed by atoms with van der Waals surface area (Å²) in [7, 11) is 0. The van der Waals surface area contributed by atoms with Crippen molar-refractivity contribution in [3.63, 3.8) is 0 Å². The minimum absolute atomic E-state index is 0.100. The van der Waals surface area contributed by atoms with Crippen molar-refractivity contribution in [1.82, 2.24) is 4.90 Å². The van der Waals surface area contributed by atoms with E-state index in [1.54, 1.807) is 0 Å². The van der Waals surface area contributed by atoms with Crippen molar-refractivity contribution in [3.8, 4) is 0 Å². The lowest BCUT2D eigenvalue weighted by atomic mass is 10.0. The second-order valence-electron chi connectivity index (χ2n) is 5.99. The number of benzene rings is 2. The molecule has 0 aliphatic carbocycles. The van der Waals surface area contributed by atoms with E-state index in [-0.39, 0.29) is 11.9 Å². The van der Waals surface area contributed by atoms with Crippen LogP contribution in [-0.2, 0) is 13.0 Å². The number of carbonyl (C=O) groups is 1. The Labute approximate surface area is 142 Å².